The van der Waals surface area contributed by atoms with Gasteiger partial charge in [-0.25, -0.2) is 0 Å². The van der Waals surface area contributed by atoms with Crippen molar-refractivity contribution in [3.63, 3.8) is 0 Å². The van der Waals surface area contributed by atoms with Gasteiger partial charge < -0.3 is 15.8 Å². The van der Waals surface area contributed by atoms with Crippen LogP contribution in [0, 0.1) is 0 Å². The van der Waals surface area contributed by atoms with E-state index >= 15 is 0 Å². The van der Waals surface area contributed by atoms with Gasteiger partial charge in [0.05, 0.1) is 17.3 Å². The van der Waals surface area contributed by atoms with Crippen LogP contribution in [-0.2, 0) is 11.3 Å². The van der Waals surface area contributed by atoms with Crippen molar-refractivity contribution in [3.05, 3.63) is 36.0 Å². The second-order valence-corrected chi connectivity index (χ2v) is 5.32. The molecule has 4 nitrogen and oxygen atoms in total. The molecule has 1 aliphatic heterocycles. The second kappa shape index (κ2) is 6.20. The van der Waals surface area contributed by atoms with Crippen molar-refractivity contribution in [2.24, 2.45) is 0 Å². The number of nitrogens with zero attached hydrogens (tertiary/aromatic N) is 1. The SMILES string of the molecule is Nc1cc(CNCCC2CCCO2)nc2ccccc12. The van der Waals surface area contributed by atoms with Crippen LogP contribution < -0.4 is 11.1 Å². The van der Waals surface area contributed by atoms with Crippen molar-refractivity contribution < 1.29 is 4.74 Å². The Labute approximate surface area is 119 Å². The molecule has 1 aromatic heterocycles. The summed E-state index contributed by atoms with van der Waals surface area (Å²) in [5, 5.41) is 4.45. The molecule has 1 aliphatic rings. The first-order chi connectivity index (χ1) is 9.83. The van der Waals surface area contributed by atoms with Gasteiger partial charge in [-0.15, -0.1) is 0 Å². The summed E-state index contributed by atoms with van der Waals surface area (Å²) in [6.45, 7) is 2.63. The number of aromatic nitrogens is 1. The van der Waals surface area contributed by atoms with E-state index in [9.17, 15) is 0 Å². The van der Waals surface area contributed by atoms with Gasteiger partial charge in [0.1, 0.15) is 0 Å². The Hall–Kier alpha value is -1.65. The number of nitrogen functional groups attached to an aromatic ring is 1. The largest absolute Gasteiger partial charge is 0.398 e. The number of nitrogens with two attached hydrogens (primary N) is 1. The van der Waals surface area contributed by atoms with Gasteiger partial charge in [-0.2, -0.15) is 0 Å². The van der Waals surface area contributed by atoms with Crippen LogP contribution in [0.1, 0.15) is 25.0 Å². The monoisotopic (exact) mass is 271 g/mol. The minimum atomic E-state index is 0.442. The van der Waals surface area contributed by atoms with Gasteiger partial charge in [-0.3, -0.25) is 4.98 Å². The predicted octanol–water partition coefficient (Wildman–Crippen LogP) is 2.48. The summed E-state index contributed by atoms with van der Waals surface area (Å²) in [5.41, 5.74) is 8.83. The Balaban J connectivity index is 1.57. The molecule has 1 unspecified atom stereocenters. The zero-order valence-corrected chi connectivity index (χ0v) is 11.6. The average Bonchev–Trinajstić information content (AvgIpc) is 2.97. The third kappa shape index (κ3) is 3.08. The lowest BCUT2D eigenvalue weighted by Gasteiger charge is -2.10. The zero-order valence-electron chi connectivity index (χ0n) is 11.6. The molecule has 0 amide bonds. The highest BCUT2D eigenvalue weighted by Crippen LogP contribution is 2.20. The van der Waals surface area contributed by atoms with Crippen LogP contribution in [0.4, 0.5) is 5.69 Å². The van der Waals surface area contributed by atoms with E-state index in [1.54, 1.807) is 0 Å². The average molecular weight is 271 g/mol. The molecule has 0 spiro atoms. The summed E-state index contributed by atoms with van der Waals surface area (Å²) in [6, 6.07) is 9.94. The fraction of sp³-hybridized carbons (Fsp3) is 0.438. The molecular weight excluding hydrogens is 250 g/mol. The van der Waals surface area contributed by atoms with E-state index in [0.717, 1.165) is 48.4 Å². The Morgan fingerprint density at radius 2 is 2.25 bits per heavy atom. The lowest BCUT2D eigenvalue weighted by molar-refractivity contribution is 0.104. The van der Waals surface area contributed by atoms with E-state index in [4.69, 9.17) is 10.5 Å². The number of ether oxygens (including phenoxy) is 1. The van der Waals surface area contributed by atoms with Gasteiger partial charge in [0.25, 0.3) is 0 Å². The zero-order chi connectivity index (χ0) is 13.8. The van der Waals surface area contributed by atoms with Crippen LogP contribution in [0.15, 0.2) is 30.3 Å². The summed E-state index contributed by atoms with van der Waals surface area (Å²) in [5.74, 6) is 0. The number of fused-ring (bicyclic) bond motifs is 1. The number of pyridine rings is 1. The number of para-hydroxylation sites is 1. The highest BCUT2D eigenvalue weighted by atomic mass is 16.5. The van der Waals surface area contributed by atoms with Gasteiger partial charge in [-0.05, 0) is 37.9 Å². The van der Waals surface area contributed by atoms with Crippen molar-refractivity contribution in [2.75, 3.05) is 18.9 Å². The number of rotatable bonds is 5. The van der Waals surface area contributed by atoms with E-state index in [-0.39, 0.29) is 0 Å². The maximum absolute atomic E-state index is 6.07. The van der Waals surface area contributed by atoms with Crippen molar-refractivity contribution in [2.45, 2.75) is 31.9 Å². The van der Waals surface area contributed by atoms with Gasteiger partial charge in [0.15, 0.2) is 0 Å². The molecule has 1 saturated heterocycles. The van der Waals surface area contributed by atoms with Gasteiger partial charge in [0, 0.05) is 24.2 Å². The lowest BCUT2D eigenvalue weighted by Crippen LogP contribution is -2.20. The van der Waals surface area contributed by atoms with Crippen molar-refractivity contribution in [1.29, 1.82) is 0 Å². The van der Waals surface area contributed by atoms with Crippen molar-refractivity contribution in [1.82, 2.24) is 10.3 Å². The fourth-order valence-electron chi connectivity index (χ4n) is 2.70. The summed E-state index contributed by atoms with van der Waals surface area (Å²) in [6.07, 6.45) is 3.91. The van der Waals surface area contributed by atoms with Gasteiger partial charge in [0.2, 0.25) is 0 Å². The van der Waals surface area contributed by atoms with Crippen LogP contribution in [0.25, 0.3) is 10.9 Å². The molecule has 3 rings (SSSR count). The second-order valence-electron chi connectivity index (χ2n) is 5.32. The molecule has 20 heavy (non-hydrogen) atoms. The molecule has 1 fully saturated rings. The van der Waals surface area contributed by atoms with Crippen LogP contribution in [0.5, 0.6) is 0 Å². The molecule has 0 bridgehead atoms. The molecule has 3 N–H and O–H groups in total. The van der Waals surface area contributed by atoms with Crippen molar-refractivity contribution >= 4 is 16.6 Å². The number of anilines is 1. The summed E-state index contributed by atoms with van der Waals surface area (Å²) >= 11 is 0. The summed E-state index contributed by atoms with van der Waals surface area (Å²) in [4.78, 5) is 4.63. The van der Waals surface area contributed by atoms with E-state index in [1.165, 1.54) is 12.8 Å². The van der Waals surface area contributed by atoms with Crippen LogP contribution in [-0.4, -0.2) is 24.2 Å². The quantitative estimate of drug-likeness (QED) is 0.820. The van der Waals surface area contributed by atoms with Gasteiger partial charge >= 0.3 is 0 Å². The minimum Gasteiger partial charge on any atom is -0.398 e. The van der Waals surface area contributed by atoms with E-state index in [2.05, 4.69) is 10.3 Å². The van der Waals surface area contributed by atoms with E-state index < -0.39 is 0 Å². The molecular formula is C16H21N3O. The van der Waals surface area contributed by atoms with Crippen molar-refractivity contribution in [3.8, 4) is 0 Å². The molecule has 2 heterocycles. The maximum Gasteiger partial charge on any atom is 0.0726 e. The maximum atomic E-state index is 6.07. The van der Waals surface area contributed by atoms with E-state index in [1.807, 2.05) is 30.3 Å². The Morgan fingerprint density at radius 3 is 3.10 bits per heavy atom. The first kappa shape index (κ1) is 13.3. The summed E-state index contributed by atoms with van der Waals surface area (Å²) in [7, 11) is 0. The summed E-state index contributed by atoms with van der Waals surface area (Å²) < 4.78 is 5.61. The third-order valence-corrected chi connectivity index (χ3v) is 3.77. The number of nitrogens with one attached hydrogen (secondary N) is 1. The first-order valence-electron chi connectivity index (χ1n) is 7.29. The predicted molar refractivity (Wildman–Crippen MR) is 81.5 cm³/mol. The number of hydrogen-bond donors (Lipinski definition) is 2. The van der Waals surface area contributed by atoms with Crippen LogP contribution >= 0.6 is 0 Å². The molecule has 0 radical (unpaired) electrons. The molecule has 2 aromatic rings. The first-order valence-corrected chi connectivity index (χ1v) is 7.29. The van der Waals surface area contributed by atoms with Crippen LogP contribution in [0.3, 0.4) is 0 Å². The normalized spacial score (nSPS) is 18.7. The van der Waals surface area contributed by atoms with Gasteiger partial charge in [-0.1, -0.05) is 18.2 Å². The molecule has 1 aromatic carbocycles. The highest BCUT2D eigenvalue weighted by Gasteiger charge is 2.14. The molecule has 0 aliphatic carbocycles. The molecule has 0 saturated carbocycles. The molecule has 4 heteroatoms. The lowest BCUT2D eigenvalue weighted by atomic mass is 10.1. The smallest absolute Gasteiger partial charge is 0.0726 e. The third-order valence-electron chi connectivity index (χ3n) is 3.77. The molecule has 106 valence electrons. The Morgan fingerprint density at radius 1 is 1.35 bits per heavy atom. The standard InChI is InChI=1S/C16H21N3O/c17-15-10-12(19-16-6-2-1-5-14(15)16)11-18-8-7-13-4-3-9-20-13/h1-2,5-6,10,13,18H,3-4,7-9,11H2,(H2,17,19). The minimum absolute atomic E-state index is 0.442. The molecule has 1 atom stereocenters. The fourth-order valence-corrected chi connectivity index (χ4v) is 2.70. The Kier molecular flexibility index (Phi) is 4.14. The number of benzene rings is 1. The highest BCUT2D eigenvalue weighted by molar-refractivity contribution is 5.90. The van der Waals surface area contributed by atoms with E-state index in [0.29, 0.717) is 6.10 Å². The van der Waals surface area contributed by atoms with Crippen LogP contribution in [0.2, 0.25) is 0 Å². The Bertz CT molecular complexity index is 579. The number of hydrogen-bond acceptors (Lipinski definition) is 4. The topological polar surface area (TPSA) is 60.2 Å².